The fourth-order valence-electron chi connectivity index (χ4n) is 3.08. The molecular weight excluding hydrogens is 326 g/mol. The van der Waals surface area contributed by atoms with Crippen LogP contribution in [0.1, 0.15) is 41.6 Å². The number of amides is 3. The van der Waals surface area contributed by atoms with E-state index in [1.54, 1.807) is 6.07 Å². The van der Waals surface area contributed by atoms with Gasteiger partial charge in [0, 0.05) is 30.0 Å². The Bertz CT molecular complexity index is 735. The average Bonchev–Trinajstić information content (AvgIpc) is 2.95. The predicted molar refractivity (Wildman–Crippen MR) is 89.3 cm³/mol. The molecule has 1 fully saturated rings. The van der Waals surface area contributed by atoms with Crippen LogP contribution in [0.2, 0.25) is 0 Å². The van der Waals surface area contributed by atoms with Gasteiger partial charge in [-0.05, 0) is 33.8 Å². The Kier molecular flexibility index (Phi) is 5.30. The van der Waals surface area contributed by atoms with Crippen LogP contribution in [0.15, 0.2) is 6.07 Å². The molecule has 0 aromatic carbocycles. The maximum Gasteiger partial charge on any atom is 0.327 e. The number of esters is 1. The van der Waals surface area contributed by atoms with E-state index < -0.39 is 31.1 Å². The van der Waals surface area contributed by atoms with E-state index in [4.69, 9.17) is 4.74 Å². The average molecular weight is 349 g/mol. The molecule has 0 N–H and O–H groups in total. The Balaban J connectivity index is 1.96. The SMILES string of the molecule is Cc1cc(C(=O)COC(=O)CN2C(=O)CN(C)C2=O)c(C)n1C(C)C. The van der Waals surface area contributed by atoms with Crippen molar-refractivity contribution in [1.29, 1.82) is 0 Å². The first-order chi connectivity index (χ1) is 11.6. The van der Waals surface area contributed by atoms with Gasteiger partial charge in [0.15, 0.2) is 6.61 Å². The topological polar surface area (TPSA) is 88.9 Å². The molecule has 3 amide bonds. The summed E-state index contributed by atoms with van der Waals surface area (Å²) in [4.78, 5) is 49.5. The Morgan fingerprint density at radius 2 is 1.88 bits per heavy atom. The smallest absolute Gasteiger partial charge is 0.327 e. The molecule has 2 heterocycles. The van der Waals surface area contributed by atoms with Gasteiger partial charge in [0.2, 0.25) is 5.78 Å². The summed E-state index contributed by atoms with van der Waals surface area (Å²) in [6, 6.07) is 1.44. The van der Waals surface area contributed by atoms with E-state index in [-0.39, 0.29) is 18.4 Å². The molecule has 1 aromatic heterocycles. The quantitative estimate of drug-likeness (QED) is 0.439. The van der Waals surface area contributed by atoms with Crippen LogP contribution in [-0.2, 0) is 14.3 Å². The van der Waals surface area contributed by atoms with Crippen molar-refractivity contribution >= 4 is 23.7 Å². The zero-order valence-electron chi connectivity index (χ0n) is 15.2. The number of aromatic nitrogens is 1. The molecule has 0 atom stereocenters. The third-order valence-corrected chi connectivity index (χ3v) is 4.18. The molecule has 0 spiro atoms. The number of urea groups is 1. The number of carbonyl (C=O) groups is 4. The monoisotopic (exact) mass is 349 g/mol. The van der Waals surface area contributed by atoms with Crippen LogP contribution in [0, 0.1) is 13.8 Å². The predicted octanol–water partition coefficient (Wildman–Crippen LogP) is 1.31. The van der Waals surface area contributed by atoms with E-state index in [1.807, 2.05) is 32.3 Å². The molecule has 1 saturated heterocycles. The highest BCUT2D eigenvalue weighted by molar-refractivity contribution is 6.04. The van der Waals surface area contributed by atoms with E-state index in [1.165, 1.54) is 11.9 Å². The van der Waals surface area contributed by atoms with Gasteiger partial charge in [0.25, 0.3) is 5.91 Å². The zero-order chi connectivity index (χ0) is 18.9. The van der Waals surface area contributed by atoms with E-state index >= 15 is 0 Å². The molecule has 25 heavy (non-hydrogen) atoms. The van der Waals surface area contributed by atoms with Gasteiger partial charge in [-0.15, -0.1) is 0 Å². The maximum atomic E-state index is 12.3. The lowest BCUT2D eigenvalue weighted by Gasteiger charge is -2.14. The van der Waals surface area contributed by atoms with Gasteiger partial charge in [-0.3, -0.25) is 19.3 Å². The molecule has 2 rings (SSSR count). The first kappa shape index (κ1) is 18.7. The van der Waals surface area contributed by atoms with Crippen LogP contribution < -0.4 is 0 Å². The summed E-state index contributed by atoms with van der Waals surface area (Å²) in [6.07, 6.45) is 0. The summed E-state index contributed by atoms with van der Waals surface area (Å²) in [6.45, 7) is 6.83. The van der Waals surface area contributed by atoms with Crippen molar-refractivity contribution < 1.29 is 23.9 Å². The number of Topliss-reactive ketones (excluding diaryl/α,β-unsaturated/α-hetero) is 1. The Hall–Kier alpha value is -2.64. The molecular formula is C17H23N3O5. The lowest BCUT2D eigenvalue weighted by Crippen LogP contribution is -2.37. The molecule has 0 saturated carbocycles. The van der Waals surface area contributed by atoms with Gasteiger partial charge in [-0.1, -0.05) is 0 Å². The minimum Gasteiger partial charge on any atom is -0.456 e. The van der Waals surface area contributed by atoms with Gasteiger partial charge in [0.1, 0.15) is 13.1 Å². The Morgan fingerprint density at radius 1 is 1.24 bits per heavy atom. The fourth-order valence-corrected chi connectivity index (χ4v) is 3.08. The second-order valence-electron chi connectivity index (χ2n) is 6.45. The highest BCUT2D eigenvalue weighted by Crippen LogP contribution is 2.20. The summed E-state index contributed by atoms with van der Waals surface area (Å²) < 4.78 is 6.99. The van der Waals surface area contributed by atoms with Gasteiger partial charge in [-0.2, -0.15) is 0 Å². The molecule has 8 heteroatoms. The van der Waals surface area contributed by atoms with Gasteiger partial charge < -0.3 is 14.2 Å². The first-order valence-electron chi connectivity index (χ1n) is 8.06. The Morgan fingerprint density at radius 3 is 2.36 bits per heavy atom. The van der Waals surface area contributed by atoms with E-state index in [2.05, 4.69) is 0 Å². The van der Waals surface area contributed by atoms with E-state index in [9.17, 15) is 19.2 Å². The molecule has 0 radical (unpaired) electrons. The van der Waals surface area contributed by atoms with Gasteiger partial charge in [-0.25, -0.2) is 4.79 Å². The molecule has 1 aliphatic rings. The fraction of sp³-hybridized carbons (Fsp3) is 0.529. The summed E-state index contributed by atoms with van der Waals surface area (Å²) in [5, 5.41) is 0. The van der Waals surface area contributed by atoms with Crippen LogP contribution >= 0.6 is 0 Å². The van der Waals surface area contributed by atoms with Crippen molar-refractivity contribution in [2.24, 2.45) is 0 Å². The molecule has 136 valence electrons. The van der Waals surface area contributed by atoms with Crippen molar-refractivity contribution in [3.8, 4) is 0 Å². The van der Waals surface area contributed by atoms with Crippen molar-refractivity contribution in [2.75, 3.05) is 26.7 Å². The molecule has 8 nitrogen and oxygen atoms in total. The van der Waals surface area contributed by atoms with Crippen LogP contribution in [0.25, 0.3) is 0 Å². The van der Waals surface area contributed by atoms with Crippen LogP contribution in [0.5, 0.6) is 0 Å². The lowest BCUT2D eigenvalue weighted by molar-refractivity contribution is -0.145. The number of rotatable bonds is 6. The molecule has 0 unspecified atom stereocenters. The standard InChI is InChI=1S/C17H23N3O5/c1-10(2)20-11(3)6-13(12(20)4)14(21)9-25-16(23)8-19-15(22)7-18(5)17(19)24/h6,10H,7-9H2,1-5H3. The number of aryl methyl sites for hydroxylation is 1. The lowest BCUT2D eigenvalue weighted by atomic mass is 10.1. The number of imide groups is 1. The summed E-state index contributed by atoms with van der Waals surface area (Å²) in [7, 11) is 1.47. The highest BCUT2D eigenvalue weighted by atomic mass is 16.5. The summed E-state index contributed by atoms with van der Waals surface area (Å²) >= 11 is 0. The van der Waals surface area contributed by atoms with E-state index in [0.29, 0.717) is 5.56 Å². The first-order valence-corrected chi connectivity index (χ1v) is 8.06. The third kappa shape index (κ3) is 3.72. The van der Waals surface area contributed by atoms with Crippen molar-refractivity contribution in [3.63, 3.8) is 0 Å². The van der Waals surface area contributed by atoms with Crippen molar-refractivity contribution in [3.05, 3.63) is 23.0 Å². The number of ether oxygens (including phenoxy) is 1. The summed E-state index contributed by atoms with van der Waals surface area (Å²) in [5.74, 6) is -1.57. The maximum absolute atomic E-state index is 12.3. The van der Waals surface area contributed by atoms with Gasteiger partial charge >= 0.3 is 12.0 Å². The minimum absolute atomic E-state index is 0.0633. The molecule has 1 aliphatic heterocycles. The number of hydrogen-bond donors (Lipinski definition) is 0. The number of likely N-dealkylation sites (N-methyl/N-ethyl adjacent to an activating group) is 1. The minimum atomic E-state index is -0.789. The van der Waals surface area contributed by atoms with Gasteiger partial charge in [0.05, 0.1) is 0 Å². The van der Waals surface area contributed by atoms with Crippen molar-refractivity contribution in [2.45, 2.75) is 33.7 Å². The number of carbonyl (C=O) groups excluding carboxylic acids is 4. The van der Waals surface area contributed by atoms with E-state index in [0.717, 1.165) is 16.3 Å². The number of nitrogens with zero attached hydrogens (tertiary/aromatic N) is 3. The van der Waals surface area contributed by atoms with Crippen LogP contribution in [0.3, 0.4) is 0 Å². The van der Waals surface area contributed by atoms with Crippen LogP contribution in [0.4, 0.5) is 4.79 Å². The second-order valence-corrected chi connectivity index (χ2v) is 6.45. The highest BCUT2D eigenvalue weighted by Gasteiger charge is 2.35. The second kappa shape index (κ2) is 7.08. The zero-order valence-corrected chi connectivity index (χ0v) is 15.2. The van der Waals surface area contributed by atoms with Crippen molar-refractivity contribution in [1.82, 2.24) is 14.4 Å². The molecule has 0 bridgehead atoms. The number of hydrogen-bond acceptors (Lipinski definition) is 5. The summed E-state index contributed by atoms with van der Waals surface area (Å²) in [5.41, 5.74) is 2.28. The van der Waals surface area contributed by atoms with Crippen LogP contribution in [-0.4, -0.2) is 64.8 Å². The number of ketones is 1. The third-order valence-electron chi connectivity index (χ3n) is 4.18. The normalized spacial score (nSPS) is 14.6. The Labute approximate surface area is 146 Å². The largest absolute Gasteiger partial charge is 0.456 e. The molecule has 0 aliphatic carbocycles. The molecule has 1 aromatic rings.